The van der Waals surface area contributed by atoms with Crippen molar-refractivity contribution in [2.24, 2.45) is 0 Å². The first-order valence-corrected chi connectivity index (χ1v) is 1.87. The maximum absolute atomic E-state index is 11.3. The van der Waals surface area contributed by atoms with Gasteiger partial charge in [-0.3, -0.25) is 0 Å². The number of carboxylic acids is 1. The third-order valence-corrected chi connectivity index (χ3v) is 0.625. The van der Waals surface area contributed by atoms with Crippen LogP contribution in [0, 0.1) is 0 Å². The van der Waals surface area contributed by atoms with E-state index >= 15 is 0 Å². The molecule has 0 spiro atoms. The van der Waals surface area contributed by atoms with Crippen molar-refractivity contribution >= 4 is 35.5 Å². The van der Waals surface area contributed by atoms with E-state index in [1.54, 1.807) is 0 Å². The Balaban J connectivity index is 0. The fourth-order valence-corrected chi connectivity index (χ4v) is 0.121. The van der Waals surface area contributed by atoms with Crippen LogP contribution in [-0.2, 0) is 4.79 Å². The first kappa shape index (κ1) is 13.7. The van der Waals surface area contributed by atoms with Crippen LogP contribution in [-0.4, -0.2) is 52.7 Å². The number of carboxylic acid groups (broad SMARTS) is 1. The molecule has 0 aromatic heterocycles. The molecule has 0 fully saturated rings. The number of halogens is 5. The number of aliphatic carboxylic acids is 1. The third-order valence-electron chi connectivity index (χ3n) is 0.625. The van der Waals surface area contributed by atoms with Crippen molar-refractivity contribution in [3.63, 3.8) is 0 Å². The zero-order valence-electron chi connectivity index (χ0n) is 4.25. The SMILES string of the molecule is O=C(O)C(F)(F)C(F)(F)F.[NaH]. The Labute approximate surface area is 79.7 Å². The van der Waals surface area contributed by atoms with Crippen LogP contribution >= 0.6 is 0 Å². The summed E-state index contributed by atoms with van der Waals surface area (Å²) in [5.41, 5.74) is 0. The van der Waals surface area contributed by atoms with Gasteiger partial charge >= 0.3 is 47.6 Å². The van der Waals surface area contributed by atoms with Crippen molar-refractivity contribution in [2.75, 3.05) is 0 Å². The number of carbonyl (C=O) groups is 1. The van der Waals surface area contributed by atoms with E-state index in [4.69, 9.17) is 5.11 Å². The molecule has 62 valence electrons. The molecule has 0 saturated carbocycles. The summed E-state index contributed by atoms with van der Waals surface area (Å²) in [6, 6.07) is 0. The van der Waals surface area contributed by atoms with Gasteiger partial charge in [0, 0.05) is 0 Å². The van der Waals surface area contributed by atoms with Gasteiger partial charge in [-0.05, 0) is 0 Å². The molecule has 2 nitrogen and oxygen atoms in total. The second kappa shape index (κ2) is 3.68. The number of hydrogen-bond donors (Lipinski definition) is 1. The Morgan fingerprint density at radius 3 is 1.36 bits per heavy atom. The molecular weight excluding hydrogens is 186 g/mol. The predicted molar refractivity (Wildman–Crippen MR) is 25.8 cm³/mol. The Morgan fingerprint density at radius 2 is 1.36 bits per heavy atom. The van der Waals surface area contributed by atoms with Crippen LogP contribution in [0.3, 0.4) is 0 Å². The number of alkyl halides is 5. The zero-order chi connectivity index (χ0) is 8.58. The van der Waals surface area contributed by atoms with Crippen LogP contribution in [0.1, 0.15) is 0 Å². The van der Waals surface area contributed by atoms with Crippen molar-refractivity contribution in [3.8, 4) is 0 Å². The monoisotopic (exact) mass is 188 g/mol. The van der Waals surface area contributed by atoms with Gasteiger partial charge in [0.2, 0.25) is 0 Å². The summed E-state index contributed by atoms with van der Waals surface area (Å²) in [6.45, 7) is 0. The summed E-state index contributed by atoms with van der Waals surface area (Å²) in [5, 5.41) is 7.31. The van der Waals surface area contributed by atoms with E-state index < -0.39 is 18.1 Å². The van der Waals surface area contributed by atoms with Crippen molar-refractivity contribution in [2.45, 2.75) is 12.1 Å². The van der Waals surface area contributed by atoms with Crippen LogP contribution in [0.15, 0.2) is 0 Å². The Morgan fingerprint density at radius 1 is 1.09 bits per heavy atom. The molecule has 11 heavy (non-hydrogen) atoms. The van der Waals surface area contributed by atoms with E-state index in [1.165, 1.54) is 0 Å². The van der Waals surface area contributed by atoms with Crippen LogP contribution in [0.25, 0.3) is 0 Å². The summed E-state index contributed by atoms with van der Waals surface area (Å²) in [7, 11) is 0. The van der Waals surface area contributed by atoms with E-state index in [2.05, 4.69) is 0 Å². The Kier molecular flexibility index (Phi) is 4.58. The molecule has 0 unspecified atom stereocenters. The van der Waals surface area contributed by atoms with E-state index in [-0.39, 0.29) is 29.6 Å². The zero-order valence-corrected chi connectivity index (χ0v) is 4.25. The molecule has 0 aliphatic heterocycles. The van der Waals surface area contributed by atoms with Gasteiger partial charge in [-0.2, -0.15) is 22.0 Å². The molecule has 0 heterocycles. The number of hydrogen-bond acceptors (Lipinski definition) is 1. The molecule has 0 saturated heterocycles. The molecule has 0 radical (unpaired) electrons. The molecule has 0 aromatic rings. The molecular formula is C3H2F5NaO2. The molecule has 0 rings (SSSR count). The molecule has 0 bridgehead atoms. The average Bonchev–Trinajstić information content (AvgIpc) is 1.62. The molecule has 0 aliphatic rings. The fourth-order valence-electron chi connectivity index (χ4n) is 0.121. The fraction of sp³-hybridized carbons (Fsp3) is 0.667. The molecule has 0 aliphatic carbocycles. The van der Waals surface area contributed by atoms with Gasteiger partial charge in [0.05, 0.1) is 0 Å². The summed E-state index contributed by atoms with van der Waals surface area (Å²) in [4.78, 5) is 9.20. The maximum atomic E-state index is 11.3. The van der Waals surface area contributed by atoms with Crippen molar-refractivity contribution in [1.82, 2.24) is 0 Å². The summed E-state index contributed by atoms with van der Waals surface area (Å²) < 4.78 is 55.5. The topological polar surface area (TPSA) is 37.3 Å². The van der Waals surface area contributed by atoms with E-state index in [9.17, 15) is 26.7 Å². The minimum absolute atomic E-state index is 0. The summed E-state index contributed by atoms with van der Waals surface area (Å²) in [5.74, 6) is -8.84. The second-order valence-corrected chi connectivity index (χ2v) is 1.38. The molecule has 8 heteroatoms. The van der Waals surface area contributed by atoms with Crippen LogP contribution < -0.4 is 0 Å². The molecule has 0 amide bonds. The standard InChI is InChI=1S/C3HF5O2.Na.H/c4-2(5,1(9)10)3(6,7)8;;/h(H,9,10);;. The van der Waals surface area contributed by atoms with Crippen LogP contribution in [0.4, 0.5) is 22.0 Å². The van der Waals surface area contributed by atoms with Crippen LogP contribution in [0.5, 0.6) is 0 Å². The predicted octanol–water partition coefficient (Wildman–Crippen LogP) is 0.620. The van der Waals surface area contributed by atoms with E-state index in [0.717, 1.165) is 0 Å². The van der Waals surface area contributed by atoms with Gasteiger partial charge in [0.25, 0.3) is 0 Å². The third kappa shape index (κ3) is 2.92. The first-order chi connectivity index (χ1) is 4.19. The Hall–Kier alpha value is 0.120. The molecule has 1 N–H and O–H groups in total. The summed E-state index contributed by atoms with van der Waals surface area (Å²) in [6.07, 6.45) is -6.02. The van der Waals surface area contributed by atoms with Crippen molar-refractivity contribution in [3.05, 3.63) is 0 Å². The molecule has 0 atom stereocenters. The molecule has 0 aromatic carbocycles. The normalized spacial score (nSPS) is 12.1. The van der Waals surface area contributed by atoms with Crippen molar-refractivity contribution in [1.29, 1.82) is 0 Å². The van der Waals surface area contributed by atoms with Crippen molar-refractivity contribution < 1.29 is 31.9 Å². The van der Waals surface area contributed by atoms with Gasteiger partial charge < -0.3 is 5.11 Å². The minimum atomic E-state index is -6.02. The summed E-state index contributed by atoms with van der Waals surface area (Å²) >= 11 is 0. The van der Waals surface area contributed by atoms with Gasteiger partial charge in [-0.1, -0.05) is 0 Å². The Bertz CT molecular complexity index is 152. The van der Waals surface area contributed by atoms with Gasteiger partial charge in [0.15, 0.2) is 0 Å². The van der Waals surface area contributed by atoms with Gasteiger partial charge in [-0.15, -0.1) is 0 Å². The second-order valence-electron chi connectivity index (χ2n) is 1.38. The first-order valence-electron chi connectivity index (χ1n) is 1.87. The van der Waals surface area contributed by atoms with E-state index in [0.29, 0.717) is 0 Å². The number of rotatable bonds is 1. The van der Waals surface area contributed by atoms with Gasteiger partial charge in [-0.25, -0.2) is 4.79 Å². The van der Waals surface area contributed by atoms with E-state index in [1.807, 2.05) is 0 Å². The average molecular weight is 188 g/mol. The quantitative estimate of drug-likeness (QED) is 0.483. The van der Waals surface area contributed by atoms with Crippen LogP contribution in [0.2, 0.25) is 0 Å². The van der Waals surface area contributed by atoms with Gasteiger partial charge in [0.1, 0.15) is 0 Å².